The standard InChI is InChI=1S/C27H31NO6/c1-5-6-15-28-24(19-7-13-22(14-8-19)34-18(4)29)23(26(31)27(28)32)25(30)20-9-11-21(12-10-20)33-16-17(2)3/h7-14,17,24,30H,5-6,15-16H2,1-4H3/b25-23-. The average Bonchev–Trinajstić information content (AvgIpc) is 3.06. The first-order valence-electron chi connectivity index (χ1n) is 11.5. The number of benzene rings is 2. The third-order valence-corrected chi connectivity index (χ3v) is 5.46. The fourth-order valence-corrected chi connectivity index (χ4v) is 3.80. The van der Waals surface area contributed by atoms with Gasteiger partial charge in [0.2, 0.25) is 0 Å². The van der Waals surface area contributed by atoms with E-state index in [1.165, 1.54) is 11.8 Å². The van der Waals surface area contributed by atoms with Crippen LogP contribution in [-0.2, 0) is 14.4 Å². The summed E-state index contributed by atoms with van der Waals surface area (Å²) in [4.78, 5) is 38.7. The Bertz CT molecular complexity index is 1070. The first-order valence-corrected chi connectivity index (χ1v) is 11.5. The van der Waals surface area contributed by atoms with Gasteiger partial charge in [-0.25, -0.2) is 0 Å². The predicted octanol–water partition coefficient (Wildman–Crippen LogP) is 4.87. The maximum atomic E-state index is 13.0. The van der Waals surface area contributed by atoms with E-state index in [0.717, 1.165) is 12.8 Å². The van der Waals surface area contributed by atoms with Crippen LogP contribution in [0.2, 0.25) is 0 Å². The molecule has 1 aliphatic rings. The number of aliphatic hydroxyl groups is 1. The van der Waals surface area contributed by atoms with Gasteiger partial charge in [-0.2, -0.15) is 0 Å². The van der Waals surface area contributed by atoms with E-state index in [-0.39, 0.29) is 11.3 Å². The van der Waals surface area contributed by atoms with Crippen molar-refractivity contribution in [2.24, 2.45) is 5.92 Å². The zero-order valence-corrected chi connectivity index (χ0v) is 20.0. The molecule has 1 heterocycles. The van der Waals surface area contributed by atoms with Crippen molar-refractivity contribution in [3.63, 3.8) is 0 Å². The van der Waals surface area contributed by atoms with Gasteiger partial charge in [-0.15, -0.1) is 0 Å². The number of unbranched alkanes of at least 4 members (excludes halogenated alkanes) is 1. The minimum absolute atomic E-state index is 0.0391. The van der Waals surface area contributed by atoms with Gasteiger partial charge in [0.05, 0.1) is 18.2 Å². The van der Waals surface area contributed by atoms with E-state index in [4.69, 9.17) is 9.47 Å². The van der Waals surface area contributed by atoms with Crippen LogP contribution in [0.3, 0.4) is 0 Å². The lowest BCUT2D eigenvalue weighted by molar-refractivity contribution is -0.139. The average molecular weight is 466 g/mol. The number of aliphatic hydroxyl groups excluding tert-OH is 1. The first kappa shape index (κ1) is 25.0. The van der Waals surface area contributed by atoms with E-state index in [2.05, 4.69) is 13.8 Å². The van der Waals surface area contributed by atoms with Crippen LogP contribution in [0.15, 0.2) is 54.1 Å². The Morgan fingerprint density at radius 1 is 1.03 bits per heavy atom. The van der Waals surface area contributed by atoms with Gasteiger partial charge in [-0.3, -0.25) is 14.4 Å². The van der Waals surface area contributed by atoms with Gasteiger partial charge < -0.3 is 19.5 Å². The summed E-state index contributed by atoms with van der Waals surface area (Å²) in [5.74, 6) is -0.641. The monoisotopic (exact) mass is 465 g/mol. The van der Waals surface area contributed by atoms with Crippen molar-refractivity contribution in [2.75, 3.05) is 13.2 Å². The lowest BCUT2D eigenvalue weighted by atomic mass is 9.95. The highest BCUT2D eigenvalue weighted by Gasteiger charge is 2.45. The first-order chi connectivity index (χ1) is 16.2. The van der Waals surface area contributed by atoms with E-state index >= 15 is 0 Å². The summed E-state index contributed by atoms with van der Waals surface area (Å²) in [6, 6.07) is 12.7. The maximum absolute atomic E-state index is 13.0. The Hall–Kier alpha value is -3.61. The number of hydrogen-bond donors (Lipinski definition) is 1. The molecule has 1 unspecified atom stereocenters. The molecule has 0 spiro atoms. The van der Waals surface area contributed by atoms with Crippen LogP contribution < -0.4 is 9.47 Å². The van der Waals surface area contributed by atoms with Crippen molar-refractivity contribution in [2.45, 2.75) is 46.6 Å². The Kier molecular flexibility index (Phi) is 8.10. The molecule has 7 heteroatoms. The van der Waals surface area contributed by atoms with Crippen molar-refractivity contribution in [1.82, 2.24) is 4.90 Å². The second-order valence-corrected chi connectivity index (χ2v) is 8.74. The molecular formula is C27H31NO6. The molecular weight excluding hydrogens is 434 g/mol. The van der Waals surface area contributed by atoms with Crippen molar-refractivity contribution in [1.29, 1.82) is 0 Å². The highest BCUT2D eigenvalue weighted by Crippen LogP contribution is 2.40. The number of amides is 1. The smallest absolute Gasteiger partial charge is 0.308 e. The van der Waals surface area contributed by atoms with Crippen LogP contribution in [0.25, 0.3) is 5.76 Å². The number of esters is 1. The van der Waals surface area contributed by atoms with Gasteiger partial charge in [-0.1, -0.05) is 39.3 Å². The van der Waals surface area contributed by atoms with Gasteiger partial charge in [0.25, 0.3) is 11.7 Å². The van der Waals surface area contributed by atoms with Crippen molar-refractivity contribution >= 4 is 23.4 Å². The Morgan fingerprint density at radius 2 is 1.65 bits per heavy atom. The van der Waals surface area contributed by atoms with Gasteiger partial charge in [0.15, 0.2) is 0 Å². The second-order valence-electron chi connectivity index (χ2n) is 8.74. The number of hydrogen-bond acceptors (Lipinski definition) is 6. The van der Waals surface area contributed by atoms with Crippen LogP contribution >= 0.6 is 0 Å². The highest BCUT2D eigenvalue weighted by molar-refractivity contribution is 6.46. The Balaban J connectivity index is 2.01. The number of ketones is 1. The Labute approximate surface area is 200 Å². The number of carbonyl (C=O) groups is 3. The van der Waals surface area contributed by atoms with Crippen molar-refractivity contribution < 1.29 is 29.0 Å². The van der Waals surface area contributed by atoms with Crippen LogP contribution in [0.4, 0.5) is 0 Å². The summed E-state index contributed by atoms with van der Waals surface area (Å²) in [5.41, 5.74) is 1.11. The normalized spacial score (nSPS) is 17.3. The van der Waals surface area contributed by atoms with E-state index in [1.54, 1.807) is 48.5 Å². The van der Waals surface area contributed by atoms with Crippen LogP contribution in [-0.4, -0.2) is 40.8 Å². The summed E-state index contributed by atoms with van der Waals surface area (Å²) in [5, 5.41) is 11.1. The zero-order chi connectivity index (χ0) is 24.8. The quantitative estimate of drug-likeness (QED) is 0.187. The molecule has 0 aliphatic carbocycles. The van der Waals surface area contributed by atoms with Gasteiger partial charge >= 0.3 is 5.97 Å². The molecule has 0 bridgehead atoms. The maximum Gasteiger partial charge on any atom is 0.308 e. The molecule has 1 saturated heterocycles. The topological polar surface area (TPSA) is 93.1 Å². The third kappa shape index (κ3) is 5.65. The van der Waals surface area contributed by atoms with E-state index in [0.29, 0.717) is 41.7 Å². The fourth-order valence-electron chi connectivity index (χ4n) is 3.80. The SMILES string of the molecule is CCCCN1C(=O)C(=O)/C(=C(\O)c2ccc(OCC(C)C)cc2)C1c1ccc(OC(C)=O)cc1. The van der Waals surface area contributed by atoms with Crippen LogP contribution in [0.5, 0.6) is 11.5 Å². The molecule has 2 aromatic rings. The number of Topliss-reactive ketones (excluding diaryl/α,β-unsaturated/α-hetero) is 1. The third-order valence-electron chi connectivity index (χ3n) is 5.46. The van der Waals surface area contributed by atoms with Crippen molar-refractivity contribution in [3.8, 4) is 11.5 Å². The van der Waals surface area contributed by atoms with E-state index in [9.17, 15) is 19.5 Å². The molecule has 1 amide bonds. The number of ether oxygens (including phenoxy) is 2. The number of likely N-dealkylation sites (tertiary alicyclic amines) is 1. The molecule has 3 rings (SSSR count). The number of carbonyl (C=O) groups excluding carboxylic acids is 3. The highest BCUT2D eigenvalue weighted by atomic mass is 16.5. The van der Waals surface area contributed by atoms with E-state index < -0.39 is 23.7 Å². The molecule has 0 saturated carbocycles. The lowest BCUT2D eigenvalue weighted by Crippen LogP contribution is -2.30. The van der Waals surface area contributed by atoms with Gasteiger partial charge in [0, 0.05) is 19.0 Å². The summed E-state index contributed by atoms with van der Waals surface area (Å²) in [6.07, 6.45) is 1.57. The van der Waals surface area contributed by atoms with Crippen LogP contribution in [0, 0.1) is 5.92 Å². The molecule has 0 radical (unpaired) electrons. The molecule has 1 fully saturated rings. The molecule has 1 aliphatic heterocycles. The summed E-state index contributed by atoms with van der Waals surface area (Å²) in [7, 11) is 0. The zero-order valence-electron chi connectivity index (χ0n) is 20.0. The predicted molar refractivity (Wildman–Crippen MR) is 128 cm³/mol. The minimum atomic E-state index is -0.741. The number of rotatable bonds is 9. The summed E-state index contributed by atoms with van der Waals surface area (Å²) in [6.45, 7) is 8.37. The van der Waals surface area contributed by atoms with Gasteiger partial charge in [-0.05, 0) is 54.3 Å². The Morgan fingerprint density at radius 3 is 2.21 bits per heavy atom. The summed E-state index contributed by atoms with van der Waals surface area (Å²) < 4.78 is 10.8. The lowest BCUT2D eigenvalue weighted by Gasteiger charge is -2.25. The molecule has 0 aromatic heterocycles. The van der Waals surface area contributed by atoms with Crippen LogP contribution in [0.1, 0.15) is 57.7 Å². The molecule has 7 nitrogen and oxygen atoms in total. The second kappa shape index (κ2) is 11.0. The fraction of sp³-hybridized carbons (Fsp3) is 0.370. The molecule has 1 N–H and O–H groups in total. The molecule has 34 heavy (non-hydrogen) atoms. The summed E-state index contributed by atoms with van der Waals surface area (Å²) >= 11 is 0. The van der Waals surface area contributed by atoms with Crippen molar-refractivity contribution in [3.05, 3.63) is 65.2 Å². The number of nitrogens with zero attached hydrogens (tertiary/aromatic N) is 1. The molecule has 180 valence electrons. The van der Waals surface area contributed by atoms with E-state index in [1.807, 2.05) is 6.92 Å². The largest absolute Gasteiger partial charge is 0.507 e. The molecule has 1 atom stereocenters. The molecule has 2 aromatic carbocycles. The van der Waals surface area contributed by atoms with Gasteiger partial charge in [0.1, 0.15) is 17.3 Å². The minimum Gasteiger partial charge on any atom is -0.507 e.